The number of guanidine groups is 1. The third-order valence-corrected chi connectivity index (χ3v) is 4.96. The van der Waals surface area contributed by atoms with Gasteiger partial charge in [0.05, 0.1) is 5.75 Å². The molecule has 0 saturated carbocycles. The predicted molar refractivity (Wildman–Crippen MR) is 88.6 cm³/mol. The first kappa shape index (κ1) is 17.8. The van der Waals surface area contributed by atoms with Crippen LogP contribution >= 0.6 is 11.6 Å². The number of sulfone groups is 1. The molecule has 118 valence electrons. The maximum absolute atomic E-state index is 11.5. The summed E-state index contributed by atoms with van der Waals surface area (Å²) >= 11 is 5.96. The van der Waals surface area contributed by atoms with Crippen molar-refractivity contribution in [3.05, 3.63) is 34.9 Å². The summed E-state index contributed by atoms with van der Waals surface area (Å²) in [5, 5.41) is 3.75. The largest absolute Gasteiger partial charge is 0.355 e. The fourth-order valence-electron chi connectivity index (χ4n) is 1.83. The molecule has 1 N–H and O–H groups in total. The van der Waals surface area contributed by atoms with Gasteiger partial charge in [-0.1, -0.05) is 30.7 Å². The van der Waals surface area contributed by atoms with Crippen molar-refractivity contribution in [1.82, 2.24) is 10.2 Å². The molecule has 5 nitrogen and oxygen atoms in total. The first-order valence-electron chi connectivity index (χ1n) is 6.74. The van der Waals surface area contributed by atoms with Crippen LogP contribution in [0.25, 0.3) is 0 Å². The van der Waals surface area contributed by atoms with E-state index in [1.165, 1.54) is 0 Å². The van der Waals surface area contributed by atoms with Crippen LogP contribution < -0.4 is 5.32 Å². The minimum atomic E-state index is -2.97. The van der Waals surface area contributed by atoms with Gasteiger partial charge >= 0.3 is 0 Å². The van der Waals surface area contributed by atoms with E-state index in [-0.39, 0.29) is 11.5 Å². The van der Waals surface area contributed by atoms with Crippen molar-refractivity contribution in [2.45, 2.75) is 13.5 Å². The molecule has 0 heterocycles. The van der Waals surface area contributed by atoms with Gasteiger partial charge in [0.15, 0.2) is 15.8 Å². The third-order valence-electron chi connectivity index (χ3n) is 3.02. The second-order valence-electron chi connectivity index (χ2n) is 4.70. The van der Waals surface area contributed by atoms with Gasteiger partial charge in [-0.3, -0.25) is 4.99 Å². The number of benzene rings is 1. The molecule has 0 amide bonds. The minimum absolute atomic E-state index is 0.105. The molecule has 0 aliphatic carbocycles. The number of nitrogens with one attached hydrogen (secondary N) is 1. The zero-order valence-corrected chi connectivity index (χ0v) is 14.2. The van der Waals surface area contributed by atoms with E-state index in [1.54, 1.807) is 14.0 Å². The molecule has 0 atom stereocenters. The maximum Gasteiger partial charge on any atom is 0.193 e. The van der Waals surface area contributed by atoms with Gasteiger partial charge in [-0.05, 0) is 17.7 Å². The molecule has 0 fully saturated rings. The van der Waals surface area contributed by atoms with Crippen LogP contribution in [0.5, 0.6) is 0 Å². The smallest absolute Gasteiger partial charge is 0.193 e. The standard InChI is InChI=1S/C14H22ClN3O2S/c1-4-21(19,20)9-8-17-14(16-2)18(3)11-12-6-5-7-13(15)10-12/h5-7,10H,4,8-9,11H2,1-3H3,(H,16,17). The first-order chi connectivity index (χ1) is 9.88. The van der Waals surface area contributed by atoms with Crippen LogP contribution in [-0.2, 0) is 16.4 Å². The third kappa shape index (κ3) is 6.35. The Morgan fingerprint density at radius 2 is 2.14 bits per heavy atom. The zero-order valence-electron chi connectivity index (χ0n) is 12.6. The van der Waals surface area contributed by atoms with Gasteiger partial charge in [0.1, 0.15) is 0 Å². The fraction of sp³-hybridized carbons (Fsp3) is 0.500. The van der Waals surface area contributed by atoms with Gasteiger partial charge < -0.3 is 10.2 Å². The number of halogens is 1. The van der Waals surface area contributed by atoms with E-state index in [0.29, 0.717) is 24.1 Å². The van der Waals surface area contributed by atoms with E-state index >= 15 is 0 Å². The predicted octanol–water partition coefficient (Wildman–Crippen LogP) is 1.78. The summed E-state index contributed by atoms with van der Waals surface area (Å²) in [6, 6.07) is 7.60. The zero-order chi connectivity index (χ0) is 15.9. The van der Waals surface area contributed by atoms with Crippen molar-refractivity contribution in [1.29, 1.82) is 0 Å². The molecule has 0 aliphatic rings. The molecule has 0 aromatic heterocycles. The van der Waals surface area contributed by atoms with Crippen LogP contribution in [0.4, 0.5) is 0 Å². The van der Waals surface area contributed by atoms with Crippen molar-refractivity contribution >= 4 is 27.4 Å². The van der Waals surface area contributed by atoms with Gasteiger partial charge in [0, 0.05) is 38.0 Å². The van der Waals surface area contributed by atoms with Crippen molar-refractivity contribution in [3.8, 4) is 0 Å². The Labute approximate surface area is 131 Å². The van der Waals surface area contributed by atoms with E-state index < -0.39 is 9.84 Å². The highest BCUT2D eigenvalue weighted by molar-refractivity contribution is 7.91. The Balaban J connectivity index is 2.56. The number of rotatable bonds is 6. The second kappa shape index (κ2) is 8.24. The Morgan fingerprint density at radius 1 is 1.43 bits per heavy atom. The highest BCUT2D eigenvalue weighted by Gasteiger charge is 2.10. The summed E-state index contributed by atoms with van der Waals surface area (Å²) in [5.41, 5.74) is 1.06. The van der Waals surface area contributed by atoms with Crippen LogP contribution in [0.2, 0.25) is 5.02 Å². The second-order valence-corrected chi connectivity index (χ2v) is 7.61. The molecule has 1 aromatic carbocycles. The summed E-state index contributed by atoms with van der Waals surface area (Å²) < 4.78 is 22.9. The maximum atomic E-state index is 11.5. The van der Waals surface area contributed by atoms with Crippen LogP contribution in [0.15, 0.2) is 29.3 Å². The van der Waals surface area contributed by atoms with Gasteiger partial charge in [0.25, 0.3) is 0 Å². The van der Waals surface area contributed by atoms with E-state index in [2.05, 4.69) is 10.3 Å². The summed E-state index contributed by atoms with van der Waals surface area (Å²) in [7, 11) is 0.598. The summed E-state index contributed by atoms with van der Waals surface area (Å²) in [4.78, 5) is 6.08. The molecular weight excluding hydrogens is 310 g/mol. The quantitative estimate of drug-likeness (QED) is 0.637. The van der Waals surface area contributed by atoms with Crippen LogP contribution in [0.1, 0.15) is 12.5 Å². The van der Waals surface area contributed by atoms with Crippen molar-refractivity contribution < 1.29 is 8.42 Å². The highest BCUT2D eigenvalue weighted by atomic mass is 35.5. The lowest BCUT2D eigenvalue weighted by Gasteiger charge is -2.22. The highest BCUT2D eigenvalue weighted by Crippen LogP contribution is 2.12. The van der Waals surface area contributed by atoms with Gasteiger partial charge in [-0.2, -0.15) is 0 Å². The monoisotopic (exact) mass is 331 g/mol. The number of aliphatic imine (C=N–C) groups is 1. The lowest BCUT2D eigenvalue weighted by atomic mass is 10.2. The molecule has 21 heavy (non-hydrogen) atoms. The van der Waals surface area contributed by atoms with E-state index in [1.807, 2.05) is 36.2 Å². The van der Waals surface area contributed by atoms with Crippen LogP contribution in [-0.4, -0.2) is 51.4 Å². The van der Waals surface area contributed by atoms with E-state index in [9.17, 15) is 8.42 Å². The molecule has 0 radical (unpaired) electrons. The molecule has 0 aliphatic heterocycles. The van der Waals surface area contributed by atoms with Gasteiger partial charge in [-0.25, -0.2) is 8.42 Å². The fourth-order valence-corrected chi connectivity index (χ4v) is 2.75. The Morgan fingerprint density at radius 3 is 2.71 bits per heavy atom. The molecular formula is C14H22ClN3O2S. The Hall–Kier alpha value is -1.27. The van der Waals surface area contributed by atoms with Crippen LogP contribution in [0, 0.1) is 0 Å². The summed E-state index contributed by atoms with van der Waals surface area (Å²) in [5.74, 6) is 0.917. The molecule has 7 heteroatoms. The van der Waals surface area contributed by atoms with Gasteiger partial charge in [-0.15, -0.1) is 0 Å². The SMILES string of the molecule is CCS(=O)(=O)CCNC(=NC)N(C)Cc1cccc(Cl)c1. The number of hydrogen-bond donors (Lipinski definition) is 1. The lowest BCUT2D eigenvalue weighted by molar-refractivity contribution is 0.479. The Kier molecular flexibility index (Phi) is 6.98. The lowest BCUT2D eigenvalue weighted by Crippen LogP contribution is -2.40. The van der Waals surface area contributed by atoms with Crippen molar-refractivity contribution in [2.75, 3.05) is 32.1 Å². The molecule has 0 unspecified atom stereocenters. The molecule has 1 rings (SSSR count). The topological polar surface area (TPSA) is 61.8 Å². The molecule has 0 spiro atoms. The number of hydrogen-bond acceptors (Lipinski definition) is 3. The van der Waals surface area contributed by atoms with Crippen LogP contribution in [0.3, 0.4) is 0 Å². The molecule has 1 aromatic rings. The summed E-state index contributed by atoms with van der Waals surface area (Å²) in [6.07, 6.45) is 0. The minimum Gasteiger partial charge on any atom is -0.355 e. The molecule has 0 saturated heterocycles. The van der Waals surface area contributed by atoms with Crippen molar-refractivity contribution in [2.24, 2.45) is 4.99 Å². The number of nitrogens with zero attached hydrogens (tertiary/aromatic N) is 2. The normalized spacial score (nSPS) is 12.3. The summed E-state index contributed by atoms with van der Waals surface area (Å²) in [6.45, 7) is 2.64. The van der Waals surface area contributed by atoms with Gasteiger partial charge in [0.2, 0.25) is 0 Å². The van der Waals surface area contributed by atoms with E-state index in [0.717, 1.165) is 5.56 Å². The Bertz CT molecular complexity index is 588. The van der Waals surface area contributed by atoms with E-state index in [4.69, 9.17) is 11.6 Å². The average Bonchev–Trinajstić information content (AvgIpc) is 2.43. The first-order valence-corrected chi connectivity index (χ1v) is 8.94. The molecule has 0 bridgehead atoms. The van der Waals surface area contributed by atoms with Crippen molar-refractivity contribution in [3.63, 3.8) is 0 Å². The average molecular weight is 332 g/mol.